The standard InChI is InChI=1S/C29H30O6/c1-2-3-4-5-6-7-20-33-25-16-10-23(11-17-25)28(31)35-27-18-12-24(13-19-27)29(32)34-26-14-8-22(21-30)9-15-26/h8-19,21H,2-7,20H2,1H3. The Morgan fingerprint density at radius 1 is 0.629 bits per heavy atom. The Kier molecular flexibility index (Phi) is 10.1. The zero-order valence-corrected chi connectivity index (χ0v) is 19.9. The van der Waals surface area contributed by atoms with E-state index < -0.39 is 11.9 Å². The van der Waals surface area contributed by atoms with E-state index in [4.69, 9.17) is 14.2 Å². The minimum absolute atomic E-state index is 0.302. The Morgan fingerprint density at radius 2 is 1.09 bits per heavy atom. The van der Waals surface area contributed by atoms with E-state index in [2.05, 4.69) is 6.92 Å². The first-order chi connectivity index (χ1) is 17.1. The Morgan fingerprint density at radius 3 is 1.60 bits per heavy atom. The number of carbonyl (C=O) groups excluding carboxylic acids is 3. The van der Waals surface area contributed by atoms with Gasteiger partial charge in [0.05, 0.1) is 17.7 Å². The van der Waals surface area contributed by atoms with Crippen LogP contribution in [0.4, 0.5) is 0 Å². The number of hydrogen-bond acceptors (Lipinski definition) is 6. The second-order valence-electron chi connectivity index (χ2n) is 8.13. The third kappa shape index (κ3) is 8.41. The van der Waals surface area contributed by atoms with Crippen LogP contribution in [0, 0.1) is 0 Å². The van der Waals surface area contributed by atoms with Crippen LogP contribution in [-0.4, -0.2) is 24.8 Å². The van der Waals surface area contributed by atoms with Crippen molar-refractivity contribution in [2.75, 3.05) is 6.61 Å². The Balaban J connectivity index is 1.45. The van der Waals surface area contributed by atoms with Gasteiger partial charge in [0.2, 0.25) is 0 Å². The van der Waals surface area contributed by atoms with Gasteiger partial charge in [0.1, 0.15) is 23.5 Å². The van der Waals surface area contributed by atoms with Gasteiger partial charge in [0.25, 0.3) is 0 Å². The van der Waals surface area contributed by atoms with Gasteiger partial charge in [-0.1, -0.05) is 39.0 Å². The summed E-state index contributed by atoms with van der Waals surface area (Å²) in [5, 5.41) is 0. The lowest BCUT2D eigenvalue weighted by Gasteiger charge is -2.08. The molecule has 3 aromatic rings. The molecule has 182 valence electrons. The topological polar surface area (TPSA) is 78.9 Å². The van der Waals surface area contributed by atoms with E-state index in [1.54, 1.807) is 48.5 Å². The van der Waals surface area contributed by atoms with E-state index in [9.17, 15) is 14.4 Å². The van der Waals surface area contributed by atoms with Gasteiger partial charge in [-0.25, -0.2) is 9.59 Å². The van der Waals surface area contributed by atoms with Crippen LogP contribution >= 0.6 is 0 Å². The molecule has 0 saturated heterocycles. The molecule has 0 N–H and O–H groups in total. The zero-order chi connectivity index (χ0) is 24.9. The molecule has 0 aliphatic carbocycles. The lowest BCUT2D eigenvalue weighted by Crippen LogP contribution is -2.10. The predicted molar refractivity (Wildman–Crippen MR) is 134 cm³/mol. The zero-order valence-electron chi connectivity index (χ0n) is 19.9. The highest BCUT2D eigenvalue weighted by Gasteiger charge is 2.12. The second-order valence-corrected chi connectivity index (χ2v) is 8.13. The molecule has 0 aliphatic heterocycles. The van der Waals surface area contributed by atoms with Gasteiger partial charge in [0, 0.05) is 5.56 Å². The van der Waals surface area contributed by atoms with Crippen molar-refractivity contribution >= 4 is 18.2 Å². The van der Waals surface area contributed by atoms with Crippen LogP contribution in [0.25, 0.3) is 0 Å². The van der Waals surface area contributed by atoms with Gasteiger partial charge in [-0.15, -0.1) is 0 Å². The van der Waals surface area contributed by atoms with E-state index in [0.717, 1.165) is 18.6 Å². The molecule has 35 heavy (non-hydrogen) atoms. The highest BCUT2D eigenvalue weighted by Crippen LogP contribution is 2.19. The van der Waals surface area contributed by atoms with Gasteiger partial charge >= 0.3 is 11.9 Å². The monoisotopic (exact) mass is 474 g/mol. The fraction of sp³-hybridized carbons (Fsp3) is 0.276. The van der Waals surface area contributed by atoms with Crippen molar-refractivity contribution in [1.82, 2.24) is 0 Å². The molecular formula is C29H30O6. The number of unbranched alkanes of at least 4 members (excludes halogenated alkanes) is 5. The molecule has 0 unspecified atom stereocenters. The molecule has 0 atom stereocenters. The van der Waals surface area contributed by atoms with Crippen LogP contribution < -0.4 is 14.2 Å². The SMILES string of the molecule is CCCCCCCCOc1ccc(C(=O)Oc2ccc(C(=O)Oc3ccc(C=O)cc3)cc2)cc1. The summed E-state index contributed by atoms with van der Waals surface area (Å²) in [5.41, 5.74) is 1.20. The smallest absolute Gasteiger partial charge is 0.343 e. The van der Waals surface area contributed by atoms with Crippen molar-refractivity contribution in [1.29, 1.82) is 0 Å². The molecule has 0 aliphatic rings. The van der Waals surface area contributed by atoms with Crippen LogP contribution in [0.3, 0.4) is 0 Å². The van der Waals surface area contributed by atoms with Gasteiger partial charge in [-0.2, -0.15) is 0 Å². The normalized spacial score (nSPS) is 10.4. The maximum Gasteiger partial charge on any atom is 0.343 e. The molecule has 6 heteroatoms. The summed E-state index contributed by atoms with van der Waals surface area (Å²) in [6.45, 7) is 2.87. The molecule has 0 fully saturated rings. The molecular weight excluding hydrogens is 444 g/mol. The van der Waals surface area contributed by atoms with Crippen LogP contribution in [0.1, 0.15) is 76.5 Å². The quantitative estimate of drug-likeness (QED) is 0.119. The van der Waals surface area contributed by atoms with Crippen molar-refractivity contribution in [3.05, 3.63) is 89.5 Å². The first-order valence-corrected chi connectivity index (χ1v) is 11.9. The number of ether oxygens (including phenoxy) is 3. The number of hydrogen-bond donors (Lipinski definition) is 0. The summed E-state index contributed by atoms with van der Waals surface area (Å²) in [7, 11) is 0. The van der Waals surface area contributed by atoms with Gasteiger partial charge in [-0.3, -0.25) is 4.79 Å². The van der Waals surface area contributed by atoms with Crippen LogP contribution in [0.5, 0.6) is 17.2 Å². The Labute approximate surface area is 205 Å². The number of rotatable bonds is 13. The van der Waals surface area contributed by atoms with Gasteiger partial charge < -0.3 is 14.2 Å². The largest absolute Gasteiger partial charge is 0.494 e. The Bertz CT molecular complexity index is 1090. The number of esters is 2. The molecule has 0 spiro atoms. The van der Waals surface area contributed by atoms with Crippen molar-refractivity contribution in [2.24, 2.45) is 0 Å². The van der Waals surface area contributed by atoms with Crippen molar-refractivity contribution in [2.45, 2.75) is 45.4 Å². The van der Waals surface area contributed by atoms with Crippen LogP contribution in [0.15, 0.2) is 72.8 Å². The second kappa shape index (κ2) is 13.7. The lowest BCUT2D eigenvalue weighted by molar-refractivity contribution is 0.0730. The molecule has 0 saturated carbocycles. The first-order valence-electron chi connectivity index (χ1n) is 11.9. The van der Waals surface area contributed by atoms with Crippen LogP contribution in [-0.2, 0) is 0 Å². The fourth-order valence-corrected chi connectivity index (χ4v) is 3.37. The average Bonchev–Trinajstić information content (AvgIpc) is 2.89. The first kappa shape index (κ1) is 25.7. The van der Waals surface area contributed by atoms with E-state index in [-0.39, 0.29) is 0 Å². The highest BCUT2D eigenvalue weighted by atomic mass is 16.5. The van der Waals surface area contributed by atoms with E-state index >= 15 is 0 Å². The summed E-state index contributed by atoms with van der Waals surface area (Å²) in [5.74, 6) is 0.302. The highest BCUT2D eigenvalue weighted by molar-refractivity contribution is 5.92. The predicted octanol–water partition coefficient (Wildman–Crippen LogP) is 6.68. The summed E-state index contributed by atoms with van der Waals surface area (Å²) >= 11 is 0. The summed E-state index contributed by atoms with van der Waals surface area (Å²) in [4.78, 5) is 35.4. The summed E-state index contributed by atoms with van der Waals surface area (Å²) in [6, 6.07) is 19.2. The molecule has 3 rings (SSSR count). The number of aldehydes is 1. The number of carbonyl (C=O) groups is 3. The summed E-state index contributed by atoms with van der Waals surface area (Å²) < 4.78 is 16.4. The minimum atomic E-state index is -0.557. The van der Waals surface area contributed by atoms with E-state index in [1.165, 1.54) is 49.9 Å². The lowest BCUT2D eigenvalue weighted by atomic mass is 10.1. The molecule has 0 bridgehead atoms. The molecule has 0 radical (unpaired) electrons. The molecule has 3 aromatic carbocycles. The minimum Gasteiger partial charge on any atom is -0.494 e. The fourth-order valence-electron chi connectivity index (χ4n) is 3.37. The van der Waals surface area contributed by atoms with Crippen molar-refractivity contribution in [3.8, 4) is 17.2 Å². The van der Waals surface area contributed by atoms with E-state index in [1.807, 2.05) is 0 Å². The Hall–Kier alpha value is -3.93. The molecule has 0 aromatic heterocycles. The molecule has 0 amide bonds. The molecule has 0 heterocycles. The van der Waals surface area contributed by atoms with Crippen molar-refractivity contribution in [3.63, 3.8) is 0 Å². The third-order valence-electron chi connectivity index (χ3n) is 5.38. The van der Waals surface area contributed by atoms with Crippen molar-refractivity contribution < 1.29 is 28.6 Å². The van der Waals surface area contributed by atoms with Gasteiger partial charge in [0.15, 0.2) is 0 Å². The van der Waals surface area contributed by atoms with E-state index in [0.29, 0.717) is 41.1 Å². The third-order valence-corrected chi connectivity index (χ3v) is 5.38. The summed E-state index contributed by atoms with van der Waals surface area (Å²) in [6.07, 6.45) is 7.93. The number of benzene rings is 3. The maximum atomic E-state index is 12.4. The van der Waals surface area contributed by atoms with Gasteiger partial charge in [-0.05, 0) is 79.2 Å². The average molecular weight is 475 g/mol. The maximum absolute atomic E-state index is 12.4. The van der Waals surface area contributed by atoms with Crippen LogP contribution in [0.2, 0.25) is 0 Å². The molecule has 6 nitrogen and oxygen atoms in total.